The summed E-state index contributed by atoms with van der Waals surface area (Å²) in [5.41, 5.74) is 11.6. The van der Waals surface area contributed by atoms with Crippen LogP contribution in [0.5, 0.6) is 0 Å². The molecule has 0 aliphatic rings. The molecule has 0 saturated heterocycles. The topological polar surface area (TPSA) is 53.7 Å². The second-order valence-corrected chi connectivity index (χ2v) is 11.5. The maximum Gasteiger partial charge on any atom is 0.143 e. The Labute approximate surface area is 268 Å². The van der Waals surface area contributed by atoms with Gasteiger partial charge in [-0.15, -0.1) is 0 Å². The molecule has 0 bridgehead atoms. The zero-order valence-corrected chi connectivity index (χ0v) is 26.2. The van der Waals surface area contributed by atoms with Crippen molar-refractivity contribution in [1.29, 1.82) is 0 Å². The Hall–Kier alpha value is -4.06. The number of hydrogen-bond acceptors (Lipinski definition) is 4. The minimum atomic E-state index is -0.866. The van der Waals surface area contributed by atoms with Crippen LogP contribution in [-0.2, 0) is 33.0 Å². The minimum absolute atomic E-state index is 0.202. The normalized spacial score (nSPS) is 13.6. The van der Waals surface area contributed by atoms with Gasteiger partial charge in [0.1, 0.15) is 11.7 Å². The van der Waals surface area contributed by atoms with E-state index in [-0.39, 0.29) is 18.8 Å². The van der Waals surface area contributed by atoms with Crippen LogP contribution in [0.4, 0.5) is 0 Å². The van der Waals surface area contributed by atoms with E-state index in [1.165, 1.54) is 0 Å². The van der Waals surface area contributed by atoms with Crippen molar-refractivity contribution in [3.8, 4) is 0 Å². The molecule has 232 valence electrons. The number of rotatable bonds is 17. The first-order chi connectivity index (χ1) is 22.2. The molecule has 0 unspecified atom stereocenters. The number of hydrogen-bond donors (Lipinski definition) is 1. The molecule has 5 aromatic rings. The average Bonchev–Trinajstić information content (AvgIpc) is 3.11. The van der Waals surface area contributed by atoms with Crippen LogP contribution in [-0.4, -0.2) is 24.9 Å². The van der Waals surface area contributed by atoms with Gasteiger partial charge in [-0.1, -0.05) is 171 Å². The van der Waals surface area contributed by atoms with E-state index in [9.17, 15) is 0 Å². The second kappa shape index (κ2) is 16.9. The molecule has 0 aliphatic carbocycles. The highest BCUT2D eigenvalue weighted by molar-refractivity contribution is 5.47. The lowest BCUT2D eigenvalue weighted by Gasteiger charge is -2.38. The standard InChI is InChI=1S/C41H45NO3/c1-2-3-29-39(43-30-33-19-9-4-10-20-33)40(44-31-34-21-11-5-12-22-34)38(42)32-45-41(35-23-13-6-14-24-35,36-25-15-7-16-26-36)37-27-17-8-18-28-37/h4-28,38-40H,2-3,29-32,42H2,1H3/t38-,39+,40-/m0/s1. The Morgan fingerprint density at radius 2 is 0.956 bits per heavy atom. The summed E-state index contributed by atoms with van der Waals surface area (Å²) in [6.07, 6.45) is 2.33. The van der Waals surface area contributed by atoms with Gasteiger partial charge in [-0.2, -0.15) is 0 Å². The molecule has 4 nitrogen and oxygen atoms in total. The van der Waals surface area contributed by atoms with Crippen molar-refractivity contribution in [1.82, 2.24) is 0 Å². The fraction of sp³-hybridized carbons (Fsp3) is 0.268. The van der Waals surface area contributed by atoms with Gasteiger partial charge >= 0.3 is 0 Å². The summed E-state index contributed by atoms with van der Waals surface area (Å²) in [4.78, 5) is 0. The summed E-state index contributed by atoms with van der Waals surface area (Å²) >= 11 is 0. The van der Waals surface area contributed by atoms with E-state index in [4.69, 9.17) is 19.9 Å². The SMILES string of the molecule is CCCC[C@@H](OCc1ccccc1)[C@@H](OCc1ccccc1)[C@@H](N)COC(c1ccccc1)(c1ccccc1)c1ccccc1. The van der Waals surface area contributed by atoms with Crippen LogP contribution in [0.1, 0.15) is 54.0 Å². The maximum atomic E-state index is 7.14. The maximum absolute atomic E-state index is 7.14. The van der Waals surface area contributed by atoms with Crippen molar-refractivity contribution in [3.63, 3.8) is 0 Å². The van der Waals surface area contributed by atoms with Gasteiger partial charge in [-0.25, -0.2) is 0 Å². The lowest BCUT2D eigenvalue weighted by molar-refractivity contribution is -0.114. The van der Waals surface area contributed by atoms with Gasteiger partial charge in [-0.05, 0) is 34.2 Å². The molecule has 2 N–H and O–H groups in total. The second-order valence-electron chi connectivity index (χ2n) is 11.5. The van der Waals surface area contributed by atoms with Crippen LogP contribution in [0, 0.1) is 0 Å². The molecule has 3 atom stereocenters. The average molecular weight is 600 g/mol. The van der Waals surface area contributed by atoms with E-state index >= 15 is 0 Å². The Bertz CT molecular complexity index is 1400. The predicted molar refractivity (Wildman–Crippen MR) is 183 cm³/mol. The van der Waals surface area contributed by atoms with Gasteiger partial charge < -0.3 is 19.9 Å². The fourth-order valence-corrected chi connectivity index (χ4v) is 5.88. The molecule has 0 amide bonds. The van der Waals surface area contributed by atoms with E-state index in [1.54, 1.807) is 0 Å². The smallest absolute Gasteiger partial charge is 0.143 e. The third kappa shape index (κ3) is 8.56. The van der Waals surface area contributed by atoms with Gasteiger partial charge in [-0.3, -0.25) is 0 Å². The van der Waals surface area contributed by atoms with Crippen molar-refractivity contribution in [2.75, 3.05) is 6.61 Å². The van der Waals surface area contributed by atoms with E-state index in [0.717, 1.165) is 47.1 Å². The van der Waals surface area contributed by atoms with Crippen LogP contribution in [0.25, 0.3) is 0 Å². The quantitative estimate of drug-likeness (QED) is 0.109. The molecule has 0 aliphatic heterocycles. The summed E-state index contributed by atoms with van der Waals surface area (Å²) in [5, 5.41) is 0. The van der Waals surface area contributed by atoms with Gasteiger partial charge in [0.15, 0.2) is 0 Å². The number of benzene rings is 5. The van der Waals surface area contributed by atoms with Gasteiger partial charge in [0.25, 0.3) is 0 Å². The van der Waals surface area contributed by atoms with Crippen LogP contribution in [0.3, 0.4) is 0 Å². The van der Waals surface area contributed by atoms with Gasteiger partial charge in [0, 0.05) is 0 Å². The molecular formula is C41H45NO3. The third-order valence-electron chi connectivity index (χ3n) is 8.26. The first-order valence-corrected chi connectivity index (χ1v) is 16.1. The molecule has 0 heterocycles. The molecule has 5 aromatic carbocycles. The molecule has 0 spiro atoms. The molecule has 4 heteroatoms. The lowest BCUT2D eigenvalue weighted by atomic mass is 9.80. The molecule has 0 saturated carbocycles. The molecule has 0 aromatic heterocycles. The highest BCUT2D eigenvalue weighted by Gasteiger charge is 2.39. The predicted octanol–water partition coefficient (Wildman–Crippen LogP) is 8.68. The van der Waals surface area contributed by atoms with Crippen molar-refractivity contribution >= 4 is 0 Å². The van der Waals surface area contributed by atoms with Crippen molar-refractivity contribution < 1.29 is 14.2 Å². The first-order valence-electron chi connectivity index (χ1n) is 16.1. The van der Waals surface area contributed by atoms with Gasteiger partial charge in [0.2, 0.25) is 0 Å². The zero-order valence-electron chi connectivity index (χ0n) is 26.2. The Morgan fingerprint density at radius 3 is 1.38 bits per heavy atom. The molecule has 5 rings (SSSR count). The monoisotopic (exact) mass is 599 g/mol. The molecule has 45 heavy (non-hydrogen) atoms. The minimum Gasteiger partial charge on any atom is -0.371 e. The highest BCUT2D eigenvalue weighted by atomic mass is 16.5. The van der Waals surface area contributed by atoms with E-state index in [2.05, 4.69) is 104 Å². The summed E-state index contributed by atoms with van der Waals surface area (Å²) in [6.45, 7) is 3.40. The molecule has 0 radical (unpaired) electrons. The van der Waals surface area contributed by atoms with Crippen molar-refractivity contribution in [3.05, 3.63) is 179 Å². The molecule has 0 fully saturated rings. The lowest BCUT2D eigenvalue weighted by Crippen LogP contribution is -2.50. The van der Waals surface area contributed by atoms with E-state index in [0.29, 0.717) is 13.2 Å². The van der Waals surface area contributed by atoms with Crippen molar-refractivity contribution in [2.24, 2.45) is 5.73 Å². The Kier molecular flexibility index (Phi) is 12.1. The van der Waals surface area contributed by atoms with E-state index in [1.807, 2.05) is 54.6 Å². The number of ether oxygens (including phenoxy) is 3. The van der Waals surface area contributed by atoms with Crippen molar-refractivity contribution in [2.45, 2.75) is 63.3 Å². The van der Waals surface area contributed by atoms with E-state index < -0.39 is 11.6 Å². The summed E-state index contributed by atoms with van der Waals surface area (Å²) in [6, 6.07) is 51.3. The van der Waals surface area contributed by atoms with Crippen LogP contribution in [0.15, 0.2) is 152 Å². The van der Waals surface area contributed by atoms with Crippen LogP contribution in [0.2, 0.25) is 0 Å². The summed E-state index contributed by atoms with van der Waals surface area (Å²) in [7, 11) is 0. The largest absolute Gasteiger partial charge is 0.371 e. The first kappa shape index (κ1) is 32.3. The Morgan fingerprint density at radius 1 is 0.556 bits per heavy atom. The fourth-order valence-electron chi connectivity index (χ4n) is 5.88. The van der Waals surface area contributed by atoms with Gasteiger partial charge in [0.05, 0.1) is 32.0 Å². The highest BCUT2D eigenvalue weighted by Crippen LogP contribution is 2.40. The summed E-state index contributed by atoms with van der Waals surface area (Å²) < 4.78 is 20.5. The zero-order chi connectivity index (χ0) is 31.2. The molecular weight excluding hydrogens is 554 g/mol. The number of nitrogens with two attached hydrogens (primary N) is 1. The van der Waals surface area contributed by atoms with Crippen LogP contribution < -0.4 is 5.73 Å². The summed E-state index contributed by atoms with van der Waals surface area (Å²) in [5.74, 6) is 0. The number of unbranched alkanes of at least 4 members (excludes halogenated alkanes) is 1. The Balaban J connectivity index is 1.47. The van der Waals surface area contributed by atoms with Crippen LogP contribution >= 0.6 is 0 Å². The third-order valence-corrected chi connectivity index (χ3v) is 8.26.